The molecule has 2 heterocycles. The number of carboxylic acid groups (broad SMARTS) is 1. The minimum absolute atomic E-state index is 0.0908. The molecular formula is C15H15NO4S. The second-order valence-corrected chi connectivity index (χ2v) is 5.95. The van der Waals surface area contributed by atoms with Gasteiger partial charge in [-0.25, -0.2) is 0 Å². The maximum atomic E-state index is 12.6. The number of fused-ring (bicyclic) bond motifs is 1. The van der Waals surface area contributed by atoms with Gasteiger partial charge in [-0.15, -0.1) is 11.3 Å². The summed E-state index contributed by atoms with van der Waals surface area (Å²) in [5, 5.41) is 12.0. The normalized spacial score (nSPS) is 18.9. The number of thiophene rings is 1. The molecule has 0 saturated carbocycles. The number of ether oxygens (including phenoxy) is 1. The Morgan fingerprint density at radius 1 is 1.38 bits per heavy atom. The molecule has 6 heteroatoms. The van der Waals surface area contributed by atoms with E-state index in [-0.39, 0.29) is 18.9 Å². The minimum atomic E-state index is -0.920. The fourth-order valence-corrected chi connectivity index (χ4v) is 3.33. The van der Waals surface area contributed by atoms with E-state index in [1.165, 1.54) is 0 Å². The Bertz CT molecular complexity index is 681. The molecule has 1 unspecified atom stereocenters. The van der Waals surface area contributed by atoms with E-state index >= 15 is 0 Å². The summed E-state index contributed by atoms with van der Waals surface area (Å²) in [7, 11) is 0. The summed E-state index contributed by atoms with van der Waals surface area (Å²) in [6.07, 6.45) is -0.0908. The lowest BCUT2D eigenvalue weighted by molar-refractivity contribution is -0.139. The average Bonchev–Trinajstić information content (AvgIpc) is 2.94. The Kier molecular flexibility index (Phi) is 3.90. The van der Waals surface area contributed by atoms with Crippen molar-refractivity contribution in [2.45, 2.75) is 12.5 Å². The molecule has 1 aliphatic heterocycles. The van der Waals surface area contributed by atoms with Crippen molar-refractivity contribution in [2.75, 3.05) is 19.8 Å². The van der Waals surface area contributed by atoms with Crippen LogP contribution in [0.15, 0.2) is 29.6 Å². The van der Waals surface area contributed by atoms with E-state index in [9.17, 15) is 9.59 Å². The van der Waals surface area contributed by atoms with Crippen LogP contribution in [0.5, 0.6) is 0 Å². The average molecular weight is 305 g/mol. The molecule has 1 fully saturated rings. The summed E-state index contributed by atoms with van der Waals surface area (Å²) in [6, 6.07) is 7.17. The van der Waals surface area contributed by atoms with Crippen LogP contribution in [-0.2, 0) is 9.53 Å². The van der Waals surface area contributed by atoms with Gasteiger partial charge >= 0.3 is 5.97 Å². The monoisotopic (exact) mass is 305 g/mol. The van der Waals surface area contributed by atoms with Gasteiger partial charge in [0.15, 0.2) is 0 Å². The standard InChI is InChI=1S/C15H15NO4S/c17-14(18)8-12-9-20-5-4-16(12)15(19)11-1-2-13-10(7-11)3-6-21-13/h1-3,6-7,12H,4-5,8-9H2,(H,17,18). The number of aliphatic carboxylic acids is 1. The van der Waals surface area contributed by atoms with Crippen molar-refractivity contribution in [1.29, 1.82) is 0 Å². The Morgan fingerprint density at radius 3 is 3.05 bits per heavy atom. The van der Waals surface area contributed by atoms with Crippen molar-refractivity contribution in [3.05, 3.63) is 35.2 Å². The van der Waals surface area contributed by atoms with Gasteiger partial charge in [0.25, 0.3) is 5.91 Å². The molecule has 0 aliphatic carbocycles. The van der Waals surface area contributed by atoms with Crippen LogP contribution in [0.25, 0.3) is 10.1 Å². The summed E-state index contributed by atoms with van der Waals surface area (Å²) in [5.41, 5.74) is 0.596. The maximum Gasteiger partial charge on any atom is 0.305 e. The second-order valence-electron chi connectivity index (χ2n) is 5.00. The van der Waals surface area contributed by atoms with E-state index in [1.54, 1.807) is 22.3 Å². The van der Waals surface area contributed by atoms with Crippen molar-refractivity contribution < 1.29 is 19.4 Å². The Labute approximate surface area is 125 Å². The number of carboxylic acids is 1. The van der Waals surface area contributed by atoms with Gasteiger partial charge in [-0.1, -0.05) is 0 Å². The highest BCUT2D eigenvalue weighted by Crippen LogP contribution is 2.23. The molecule has 0 radical (unpaired) electrons. The highest BCUT2D eigenvalue weighted by molar-refractivity contribution is 7.17. The lowest BCUT2D eigenvalue weighted by Crippen LogP contribution is -2.49. The summed E-state index contributed by atoms with van der Waals surface area (Å²) < 4.78 is 6.44. The molecule has 1 aromatic carbocycles. The van der Waals surface area contributed by atoms with Crippen molar-refractivity contribution in [3.8, 4) is 0 Å². The summed E-state index contributed by atoms with van der Waals surface area (Å²) >= 11 is 1.63. The quantitative estimate of drug-likeness (QED) is 0.944. The zero-order valence-electron chi connectivity index (χ0n) is 11.3. The smallest absolute Gasteiger partial charge is 0.305 e. The fraction of sp³-hybridized carbons (Fsp3) is 0.333. The van der Waals surface area contributed by atoms with Crippen LogP contribution in [0.1, 0.15) is 16.8 Å². The van der Waals surface area contributed by atoms with E-state index in [1.807, 2.05) is 23.6 Å². The van der Waals surface area contributed by atoms with E-state index in [4.69, 9.17) is 9.84 Å². The highest BCUT2D eigenvalue weighted by Gasteiger charge is 2.29. The summed E-state index contributed by atoms with van der Waals surface area (Å²) in [4.78, 5) is 25.2. The van der Waals surface area contributed by atoms with Gasteiger partial charge in [0.2, 0.25) is 0 Å². The first kappa shape index (κ1) is 14.0. The Morgan fingerprint density at radius 2 is 2.24 bits per heavy atom. The number of nitrogens with zero attached hydrogens (tertiary/aromatic N) is 1. The van der Waals surface area contributed by atoms with Gasteiger partial charge < -0.3 is 14.7 Å². The number of hydrogen-bond donors (Lipinski definition) is 1. The lowest BCUT2D eigenvalue weighted by Gasteiger charge is -2.34. The Hall–Kier alpha value is -1.92. The molecule has 0 spiro atoms. The number of morpholine rings is 1. The van der Waals surface area contributed by atoms with E-state index in [2.05, 4.69) is 0 Å². The number of carbonyl (C=O) groups is 2. The van der Waals surface area contributed by atoms with Crippen LogP contribution in [0.3, 0.4) is 0 Å². The van der Waals surface area contributed by atoms with Gasteiger partial charge in [0.05, 0.1) is 25.7 Å². The van der Waals surface area contributed by atoms with Gasteiger partial charge in [-0.05, 0) is 35.0 Å². The van der Waals surface area contributed by atoms with Crippen LogP contribution in [0, 0.1) is 0 Å². The first-order valence-electron chi connectivity index (χ1n) is 6.73. The zero-order valence-corrected chi connectivity index (χ0v) is 12.1. The third-order valence-electron chi connectivity index (χ3n) is 3.60. The van der Waals surface area contributed by atoms with E-state index in [0.717, 1.165) is 10.1 Å². The topological polar surface area (TPSA) is 66.8 Å². The number of amides is 1. The maximum absolute atomic E-state index is 12.6. The molecule has 1 amide bonds. The number of rotatable bonds is 3. The first-order valence-corrected chi connectivity index (χ1v) is 7.61. The largest absolute Gasteiger partial charge is 0.481 e. The minimum Gasteiger partial charge on any atom is -0.481 e. The molecule has 21 heavy (non-hydrogen) atoms. The number of carbonyl (C=O) groups excluding carboxylic acids is 1. The molecule has 1 saturated heterocycles. The van der Waals surface area contributed by atoms with Gasteiger partial charge in [-0.2, -0.15) is 0 Å². The molecule has 5 nitrogen and oxygen atoms in total. The van der Waals surface area contributed by atoms with Crippen molar-refractivity contribution >= 4 is 33.3 Å². The molecule has 3 rings (SSSR count). The molecule has 2 aromatic rings. The molecule has 110 valence electrons. The van der Waals surface area contributed by atoms with Crippen LogP contribution in [0.4, 0.5) is 0 Å². The summed E-state index contributed by atoms with van der Waals surface area (Å²) in [6.45, 7) is 1.15. The third kappa shape index (κ3) is 2.91. The van der Waals surface area contributed by atoms with Crippen LogP contribution in [0.2, 0.25) is 0 Å². The highest BCUT2D eigenvalue weighted by atomic mass is 32.1. The van der Waals surface area contributed by atoms with Gasteiger partial charge in [-0.3, -0.25) is 9.59 Å². The number of benzene rings is 1. The molecule has 1 N–H and O–H groups in total. The van der Waals surface area contributed by atoms with Crippen LogP contribution < -0.4 is 0 Å². The van der Waals surface area contributed by atoms with E-state index < -0.39 is 12.0 Å². The molecule has 0 bridgehead atoms. The molecule has 1 aliphatic rings. The summed E-state index contributed by atoms with van der Waals surface area (Å²) in [5.74, 6) is -1.05. The van der Waals surface area contributed by atoms with Gasteiger partial charge in [0, 0.05) is 16.8 Å². The van der Waals surface area contributed by atoms with Crippen LogP contribution in [-0.4, -0.2) is 47.7 Å². The SMILES string of the molecule is O=C(O)CC1COCCN1C(=O)c1ccc2sccc2c1. The van der Waals surface area contributed by atoms with E-state index in [0.29, 0.717) is 18.7 Å². The van der Waals surface area contributed by atoms with Crippen molar-refractivity contribution in [2.24, 2.45) is 0 Å². The van der Waals surface area contributed by atoms with Crippen LogP contribution >= 0.6 is 11.3 Å². The first-order chi connectivity index (χ1) is 10.1. The predicted octanol–water partition coefficient (Wildman–Crippen LogP) is 2.22. The van der Waals surface area contributed by atoms with Crippen molar-refractivity contribution in [3.63, 3.8) is 0 Å². The fourth-order valence-electron chi connectivity index (χ4n) is 2.56. The third-order valence-corrected chi connectivity index (χ3v) is 4.50. The molecular weight excluding hydrogens is 290 g/mol. The molecule has 1 atom stereocenters. The van der Waals surface area contributed by atoms with Gasteiger partial charge in [0.1, 0.15) is 0 Å². The van der Waals surface area contributed by atoms with Crippen molar-refractivity contribution in [1.82, 2.24) is 4.90 Å². The molecule has 1 aromatic heterocycles. The number of hydrogen-bond acceptors (Lipinski definition) is 4. The second kappa shape index (κ2) is 5.83. The lowest BCUT2D eigenvalue weighted by atomic mass is 10.1. The Balaban J connectivity index is 1.85. The zero-order chi connectivity index (χ0) is 14.8. The predicted molar refractivity (Wildman–Crippen MR) is 79.7 cm³/mol.